The van der Waals surface area contributed by atoms with Crippen molar-refractivity contribution in [1.29, 1.82) is 0 Å². The second-order valence-electron chi connectivity index (χ2n) is 3.55. The summed E-state index contributed by atoms with van der Waals surface area (Å²) in [4.78, 5) is 22.8. The van der Waals surface area contributed by atoms with Gasteiger partial charge in [0.05, 0.1) is 5.69 Å². The fourth-order valence-electron chi connectivity index (χ4n) is 1.25. The Morgan fingerprint density at radius 3 is 2.67 bits per heavy atom. The summed E-state index contributed by atoms with van der Waals surface area (Å²) in [5.74, 6) is -0.390. The minimum Gasteiger partial charge on any atom is -0.344 e. The fourth-order valence-corrected chi connectivity index (χ4v) is 2.29. The summed E-state index contributed by atoms with van der Waals surface area (Å²) in [6.45, 7) is 1.35. The molecule has 0 aliphatic carbocycles. The van der Waals surface area contributed by atoms with Crippen LogP contribution in [0, 0.1) is 0 Å². The van der Waals surface area contributed by atoms with Crippen molar-refractivity contribution in [2.75, 3.05) is 11.1 Å². The topological polar surface area (TPSA) is 58.2 Å². The van der Waals surface area contributed by atoms with E-state index in [1.165, 1.54) is 6.92 Å². The highest BCUT2D eigenvalue weighted by atomic mass is 79.9. The van der Waals surface area contributed by atoms with Crippen LogP contribution in [0.25, 0.3) is 0 Å². The second kappa shape index (κ2) is 7.01. The third-order valence-corrected chi connectivity index (χ3v) is 3.32. The lowest BCUT2D eigenvalue weighted by Gasteiger charge is -2.16. The number of halogens is 2. The van der Waals surface area contributed by atoms with Crippen LogP contribution in [0.4, 0.5) is 5.69 Å². The van der Waals surface area contributed by atoms with Crippen molar-refractivity contribution in [2.45, 2.75) is 13.0 Å². The number of carbonyl (C=O) groups is 2. The molecule has 1 unspecified atom stereocenters. The van der Waals surface area contributed by atoms with E-state index >= 15 is 0 Å². The first-order chi connectivity index (χ1) is 8.43. The van der Waals surface area contributed by atoms with Crippen LogP contribution in [-0.4, -0.2) is 23.6 Å². The Bertz CT molecular complexity index is 470. The molecule has 98 valence electrons. The summed E-state index contributed by atoms with van der Waals surface area (Å²) in [5, 5.41) is 5.76. The number of benzene rings is 1. The largest absolute Gasteiger partial charge is 0.344 e. The van der Waals surface area contributed by atoms with E-state index in [1.54, 1.807) is 18.2 Å². The first-order valence-corrected chi connectivity index (χ1v) is 6.88. The Kier molecular flexibility index (Phi) is 5.98. The average molecular weight is 352 g/mol. The number of amides is 2. The van der Waals surface area contributed by atoms with Gasteiger partial charge in [-0.1, -0.05) is 11.6 Å². The van der Waals surface area contributed by atoms with E-state index in [4.69, 9.17) is 11.6 Å². The monoisotopic (exact) mass is 350 g/mol. The van der Waals surface area contributed by atoms with Gasteiger partial charge in [0.15, 0.2) is 0 Å². The van der Waals surface area contributed by atoms with Gasteiger partial charge in [-0.05, 0) is 34.1 Å². The minimum absolute atomic E-state index is 0.219. The van der Waals surface area contributed by atoms with E-state index in [-0.39, 0.29) is 17.6 Å². The predicted molar refractivity (Wildman–Crippen MR) is 79.2 cm³/mol. The Labute approximate surface area is 124 Å². The second-order valence-corrected chi connectivity index (χ2v) is 5.21. The number of hydrogen-bond acceptors (Lipinski definition) is 3. The van der Waals surface area contributed by atoms with Gasteiger partial charge < -0.3 is 10.6 Å². The molecule has 2 N–H and O–H groups in total. The van der Waals surface area contributed by atoms with Gasteiger partial charge in [-0.3, -0.25) is 9.59 Å². The van der Waals surface area contributed by atoms with Crippen LogP contribution in [0.15, 0.2) is 22.7 Å². The number of anilines is 1. The first kappa shape index (κ1) is 15.3. The lowest BCUT2D eigenvalue weighted by Crippen LogP contribution is -2.44. The van der Waals surface area contributed by atoms with Crippen molar-refractivity contribution in [3.63, 3.8) is 0 Å². The molecule has 0 bridgehead atoms. The van der Waals surface area contributed by atoms with Crippen molar-refractivity contribution >= 4 is 57.7 Å². The standard InChI is InChI=1S/C11H12BrClN2O2S/c1-6(16)14-10(5-18)11(17)15-9-3-2-7(13)4-8(9)12/h2-4,10,18H,5H2,1H3,(H,14,16)(H,15,17). The molecule has 0 saturated heterocycles. The van der Waals surface area contributed by atoms with Gasteiger partial charge in [0, 0.05) is 22.2 Å². The van der Waals surface area contributed by atoms with E-state index in [0.717, 1.165) is 0 Å². The predicted octanol–water partition coefficient (Wildman–Crippen LogP) is 2.48. The molecule has 0 aromatic heterocycles. The Morgan fingerprint density at radius 1 is 1.50 bits per heavy atom. The van der Waals surface area contributed by atoms with Crippen LogP contribution in [0.2, 0.25) is 5.02 Å². The van der Waals surface area contributed by atoms with E-state index in [2.05, 4.69) is 39.2 Å². The molecule has 2 amide bonds. The zero-order chi connectivity index (χ0) is 13.7. The summed E-state index contributed by atoms with van der Waals surface area (Å²) in [6, 6.07) is 4.34. The lowest BCUT2D eigenvalue weighted by atomic mass is 10.2. The van der Waals surface area contributed by atoms with Gasteiger partial charge in [-0.15, -0.1) is 0 Å². The van der Waals surface area contributed by atoms with Gasteiger partial charge in [-0.2, -0.15) is 12.6 Å². The molecule has 0 aliphatic heterocycles. The van der Waals surface area contributed by atoms with E-state index < -0.39 is 6.04 Å². The zero-order valence-electron chi connectivity index (χ0n) is 9.54. The lowest BCUT2D eigenvalue weighted by molar-refractivity contribution is -0.124. The van der Waals surface area contributed by atoms with Gasteiger partial charge in [0.2, 0.25) is 11.8 Å². The third kappa shape index (κ3) is 4.51. The molecule has 0 fully saturated rings. The van der Waals surface area contributed by atoms with Crippen molar-refractivity contribution in [3.8, 4) is 0 Å². The van der Waals surface area contributed by atoms with Crippen LogP contribution < -0.4 is 10.6 Å². The van der Waals surface area contributed by atoms with Crippen LogP contribution in [0.3, 0.4) is 0 Å². The minimum atomic E-state index is -0.673. The Morgan fingerprint density at radius 2 is 2.17 bits per heavy atom. The molecule has 0 heterocycles. The average Bonchev–Trinajstić information content (AvgIpc) is 2.29. The molecule has 18 heavy (non-hydrogen) atoms. The SMILES string of the molecule is CC(=O)NC(CS)C(=O)Nc1ccc(Cl)cc1Br. The van der Waals surface area contributed by atoms with E-state index in [9.17, 15) is 9.59 Å². The molecule has 0 radical (unpaired) electrons. The smallest absolute Gasteiger partial charge is 0.247 e. The molecule has 1 rings (SSSR count). The quantitative estimate of drug-likeness (QED) is 0.730. The maximum atomic E-state index is 11.9. The molecular formula is C11H12BrClN2O2S. The number of nitrogens with one attached hydrogen (secondary N) is 2. The molecule has 0 saturated carbocycles. The summed E-state index contributed by atoms with van der Waals surface area (Å²) < 4.78 is 0.670. The molecule has 0 aliphatic rings. The van der Waals surface area contributed by atoms with Crippen LogP contribution in [0.5, 0.6) is 0 Å². The molecule has 7 heteroatoms. The van der Waals surface area contributed by atoms with Crippen LogP contribution >= 0.6 is 40.2 Å². The molecule has 0 spiro atoms. The molecule has 4 nitrogen and oxygen atoms in total. The fraction of sp³-hybridized carbons (Fsp3) is 0.273. The first-order valence-electron chi connectivity index (χ1n) is 5.08. The van der Waals surface area contributed by atoms with Crippen LogP contribution in [-0.2, 0) is 9.59 Å². The van der Waals surface area contributed by atoms with E-state index in [1.807, 2.05) is 0 Å². The van der Waals surface area contributed by atoms with Gasteiger partial charge >= 0.3 is 0 Å². The number of carbonyl (C=O) groups excluding carboxylic acids is 2. The van der Waals surface area contributed by atoms with Gasteiger partial charge in [-0.25, -0.2) is 0 Å². The summed E-state index contributed by atoms with van der Waals surface area (Å²) in [5.41, 5.74) is 0.585. The van der Waals surface area contributed by atoms with Crippen molar-refractivity contribution in [2.24, 2.45) is 0 Å². The Hall–Kier alpha value is -0.720. The zero-order valence-corrected chi connectivity index (χ0v) is 12.8. The van der Waals surface area contributed by atoms with Gasteiger partial charge in [0.25, 0.3) is 0 Å². The summed E-state index contributed by atoms with van der Waals surface area (Å²) in [6.07, 6.45) is 0. The summed E-state index contributed by atoms with van der Waals surface area (Å²) in [7, 11) is 0. The van der Waals surface area contributed by atoms with Crippen molar-refractivity contribution in [1.82, 2.24) is 5.32 Å². The molecular weight excluding hydrogens is 340 g/mol. The number of hydrogen-bond donors (Lipinski definition) is 3. The highest BCUT2D eigenvalue weighted by Gasteiger charge is 2.18. The van der Waals surface area contributed by atoms with Gasteiger partial charge in [0.1, 0.15) is 6.04 Å². The normalized spacial score (nSPS) is 11.8. The van der Waals surface area contributed by atoms with Crippen molar-refractivity contribution < 1.29 is 9.59 Å². The van der Waals surface area contributed by atoms with Crippen LogP contribution in [0.1, 0.15) is 6.92 Å². The highest BCUT2D eigenvalue weighted by molar-refractivity contribution is 9.10. The maximum Gasteiger partial charge on any atom is 0.247 e. The molecule has 1 aromatic rings. The molecule has 1 atom stereocenters. The Balaban J connectivity index is 2.76. The third-order valence-electron chi connectivity index (χ3n) is 2.07. The maximum absolute atomic E-state index is 11.9. The van der Waals surface area contributed by atoms with Crippen molar-refractivity contribution in [3.05, 3.63) is 27.7 Å². The number of thiol groups is 1. The molecule has 1 aromatic carbocycles. The highest BCUT2D eigenvalue weighted by Crippen LogP contribution is 2.25. The summed E-state index contributed by atoms with van der Waals surface area (Å²) >= 11 is 13.1. The van der Waals surface area contributed by atoms with E-state index in [0.29, 0.717) is 15.2 Å². The number of rotatable bonds is 4.